The van der Waals surface area contributed by atoms with E-state index in [1.165, 1.54) is 5.56 Å². The van der Waals surface area contributed by atoms with Crippen molar-refractivity contribution in [3.05, 3.63) is 34.9 Å². The summed E-state index contributed by atoms with van der Waals surface area (Å²) >= 11 is 0. The molecule has 16 heavy (non-hydrogen) atoms. The largest absolute Gasteiger partial charge is 0.294 e. The third kappa shape index (κ3) is 2.52. The van der Waals surface area contributed by atoms with Gasteiger partial charge >= 0.3 is 0 Å². The number of carbonyl (C=O) groups is 1. The predicted molar refractivity (Wildman–Crippen MR) is 69.1 cm³/mol. The molecule has 0 heterocycles. The highest BCUT2D eigenvalue weighted by Gasteiger charge is 2.17. The Bertz CT molecular complexity index is 377. The molecule has 1 atom stereocenters. The summed E-state index contributed by atoms with van der Waals surface area (Å²) in [6, 6.07) is 6.07. The molecular formula is C15H22O. The zero-order valence-corrected chi connectivity index (χ0v) is 11.0. The molecule has 1 unspecified atom stereocenters. The van der Waals surface area contributed by atoms with Gasteiger partial charge in [-0.25, -0.2) is 0 Å². The number of ketones is 1. The SMILES string of the molecule is CCC(C)C(=O)c1cccc(C(C)C)c1C. The summed E-state index contributed by atoms with van der Waals surface area (Å²) in [6.07, 6.45) is 0.907. The Hall–Kier alpha value is -1.11. The first-order chi connectivity index (χ1) is 7.49. The smallest absolute Gasteiger partial charge is 0.165 e. The summed E-state index contributed by atoms with van der Waals surface area (Å²) in [6.45, 7) is 10.5. The number of benzene rings is 1. The fourth-order valence-electron chi connectivity index (χ4n) is 2.00. The lowest BCUT2D eigenvalue weighted by Gasteiger charge is -2.15. The maximum atomic E-state index is 12.2. The number of carbonyl (C=O) groups excluding carboxylic acids is 1. The Kier molecular flexibility index (Phi) is 4.28. The highest BCUT2D eigenvalue weighted by molar-refractivity contribution is 5.99. The van der Waals surface area contributed by atoms with E-state index in [1.54, 1.807) is 0 Å². The highest BCUT2D eigenvalue weighted by Crippen LogP contribution is 2.24. The molecule has 0 saturated carbocycles. The lowest BCUT2D eigenvalue weighted by molar-refractivity contribution is 0.0926. The van der Waals surface area contributed by atoms with Crippen LogP contribution in [-0.2, 0) is 0 Å². The van der Waals surface area contributed by atoms with Crippen LogP contribution in [-0.4, -0.2) is 5.78 Å². The quantitative estimate of drug-likeness (QED) is 0.687. The summed E-state index contributed by atoms with van der Waals surface area (Å²) in [5.41, 5.74) is 3.34. The molecule has 0 bridgehead atoms. The van der Waals surface area contributed by atoms with Gasteiger partial charge in [-0.15, -0.1) is 0 Å². The maximum absolute atomic E-state index is 12.2. The average molecular weight is 218 g/mol. The zero-order valence-electron chi connectivity index (χ0n) is 11.0. The van der Waals surface area contributed by atoms with Gasteiger partial charge in [-0.2, -0.15) is 0 Å². The molecule has 88 valence electrons. The normalized spacial score (nSPS) is 12.9. The molecule has 1 aromatic rings. The number of hydrogen-bond donors (Lipinski definition) is 0. The molecule has 1 heteroatoms. The number of hydrogen-bond acceptors (Lipinski definition) is 1. The van der Waals surface area contributed by atoms with Crippen molar-refractivity contribution >= 4 is 5.78 Å². The van der Waals surface area contributed by atoms with Crippen LogP contribution >= 0.6 is 0 Å². The molecule has 1 rings (SSSR count). The van der Waals surface area contributed by atoms with E-state index < -0.39 is 0 Å². The predicted octanol–water partition coefficient (Wildman–Crippen LogP) is 4.35. The van der Waals surface area contributed by atoms with Crippen molar-refractivity contribution in [1.82, 2.24) is 0 Å². The van der Waals surface area contributed by atoms with Crippen LogP contribution < -0.4 is 0 Å². The van der Waals surface area contributed by atoms with Crippen molar-refractivity contribution in [2.45, 2.75) is 47.0 Å². The zero-order chi connectivity index (χ0) is 12.3. The third-order valence-electron chi connectivity index (χ3n) is 3.32. The molecule has 0 spiro atoms. The molecule has 0 aliphatic carbocycles. The van der Waals surface area contributed by atoms with Crippen molar-refractivity contribution < 1.29 is 4.79 Å². The van der Waals surface area contributed by atoms with Gasteiger partial charge in [0.25, 0.3) is 0 Å². The van der Waals surface area contributed by atoms with Crippen molar-refractivity contribution in [2.24, 2.45) is 5.92 Å². The molecular weight excluding hydrogens is 196 g/mol. The molecule has 0 saturated heterocycles. The second-order valence-corrected chi connectivity index (χ2v) is 4.85. The third-order valence-corrected chi connectivity index (χ3v) is 3.32. The second-order valence-electron chi connectivity index (χ2n) is 4.85. The van der Waals surface area contributed by atoms with Gasteiger partial charge in [0, 0.05) is 11.5 Å². The van der Waals surface area contributed by atoms with Crippen LogP contribution in [0.15, 0.2) is 18.2 Å². The van der Waals surface area contributed by atoms with Gasteiger partial charge < -0.3 is 0 Å². The molecule has 0 radical (unpaired) electrons. The summed E-state index contributed by atoms with van der Waals surface area (Å²) in [4.78, 5) is 12.2. The van der Waals surface area contributed by atoms with E-state index in [4.69, 9.17) is 0 Å². The van der Waals surface area contributed by atoms with Crippen molar-refractivity contribution in [3.63, 3.8) is 0 Å². The van der Waals surface area contributed by atoms with E-state index >= 15 is 0 Å². The second kappa shape index (κ2) is 5.29. The minimum atomic E-state index is 0.126. The fraction of sp³-hybridized carbons (Fsp3) is 0.533. The maximum Gasteiger partial charge on any atom is 0.165 e. The van der Waals surface area contributed by atoms with Crippen molar-refractivity contribution in [1.29, 1.82) is 0 Å². The molecule has 0 N–H and O–H groups in total. The van der Waals surface area contributed by atoms with Gasteiger partial charge in [0.1, 0.15) is 0 Å². The molecule has 0 aliphatic rings. The highest BCUT2D eigenvalue weighted by atomic mass is 16.1. The fourth-order valence-corrected chi connectivity index (χ4v) is 2.00. The topological polar surface area (TPSA) is 17.1 Å². The Morgan fingerprint density at radius 3 is 2.38 bits per heavy atom. The summed E-state index contributed by atoms with van der Waals surface area (Å²) in [7, 11) is 0. The van der Waals surface area contributed by atoms with Crippen LogP contribution in [0.2, 0.25) is 0 Å². The Balaban J connectivity index is 3.15. The van der Waals surface area contributed by atoms with E-state index in [9.17, 15) is 4.79 Å². The Labute approximate surface area is 98.9 Å². The first-order valence-electron chi connectivity index (χ1n) is 6.12. The van der Waals surface area contributed by atoms with Gasteiger partial charge in [-0.3, -0.25) is 4.79 Å². The van der Waals surface area contributed by atoms with E-state index in [0.717, 1.165) is 17.5 Å². The van der Waals surface area contributed by atoms with Gasteiger partial charge in [0.05, 0.1) is 0 Å². The molecule has 0 aliphatic heterocycles. The summed E-state index contributed by atoms with van der Waals surface area (Å²) < 4.78 is 0. The lowest BCUT2D eigenvalue weighted by atomic mass is 9.89. The van der Waals surface area contributed by atoms with Crippen LogP contribution in [0.3, 0.4) is 0 Å². The first kappa shape index (κ1) is 13.0. The Morgan fingerprint density at radius 2 is 1.88 bits per heavy atom. The van der Waals surface area contributed by atoms with Crippen LogP contribution in [0.5, 0.6) is 0 Å². The Morgan fingerprint density at radius 1 is 1.25 bits per heavy atom. The van der Waals surface area contributed by atoms with E-state index in [-0.39, 0.29) is 11.7 Å². The van der Waals surface area contributed by atoms with Gasteiger partial charge in [-0.1, -0.05) is 45.9 Å². The van der Waals surface area contributed by atoms with E-state index in [2.05, 4.69) is 33.8 Å². The molecule has 0 fully saturated rings. The molecule has 1 nitrogen and oxygen atoms in total. The minimum absolute atomic E-state index is 0.126. The molecule has 0 aromatic heterocycles. The molecule has 0 amide bonds. The van der Waals surface area contributed by atoms with Crippen molar-refractivity contribution in [3.8, 4) is 0 Å². The van der Waals surface area contributed by atoms with Crippen molar-refractivity contribution in [2.75, 3.05) is 0 Å². The number of rotatable bonds is 4. The monoisotopic (exact) mass is 218 g/mol. The van der Waals surface area contributed by atoms with E-state index in [0.29, 0.717) is 5.92 Å². The van der Waals surface area contributed by atoms with Crippen LogP contribution in [0.4, 0.5) is 0 Å². The standard InChI is InChI=1S/C15H22O/c1-6-11(4)15(16)14-9-7-8-13(10(2)3)12(14)5/h7-11H,6H2,1-5H3. The summed E-state index contributed by atoms with van der Waals surface area (Å²) in [5.74, 6) is 0.883. The first-order valence-corrected chi connectivity index (χ1v) is 6.12. The van der Waals surface area contributed by atoms with Gasteiger partial charge in [-0.05, 0) is 30.4 Å². The van der Waals surface area contributed by atoms with Crippen LogP contribution in [0.25, 0.3) is 0 Å². The van der Waals surface area contributed by atoms with Gasteiger partial charge in [0.2, 0.25) is 0 Å². The lowest BCUT2D eigenvalue weighted by Crippen LogP contribution is -2.13. The van der Waals surface area contributed by atoms with Crippen LogP contribution in [0.1, 0.15) is 61.5 Å². The number of Topliss-reactive ketones (excluding diaryl/α,β-unsaturated/α-hetero) is 1. The minimum Gasteiger partial charge on any atom is -0.294 e. The molecule has 1 aromatic carbocycles. The van der Waals surface area contributed by atoms with Gasteiger partial charge in [0.15, 0.2) is 5.78 Å². The van der Waals surface area contributed by atoms with Crippen LogP contribution in [0, 0.1) is 12.8 Å². The average Bonchev–Trinajstić information content (AvgIpc) is 2.27. The van der Waals surface area contributed by atoms with E-state index in [1.807, 2.05) is 19.1 Å². The summed E-state index contributed by atoms with van der Waals surface area (Å²) in [5, 5.41) is 0.